The van der Waals surface area contributed by atoms with Gasteiger partial charge in [0.2, 0.25) is 10.0 Å². The van der Waals surface area contributed by atoms with Crippen molar-refractivity contribution in [2.75, 3.05) is 6.54 Å². The van der Waals surface area contributed by atoms with Gasteiger partial charge in [-0.3, -0.25) is 4.79 Å². The predicted octanol–water partition coefficient (Wildman–Crippen LogP) is 3.01. The van der Waals surface area contributed by atoms with Crippen LogP contribution in [0.3, 0.4) is 0 Å². The Morgan fingerprint density at radius 3 is 2.43 bits per heavy atom. The Labute approximate surface area is 138 Å². The molecule has 0 aliphatic rings. The highest BCUT2D eigenvalue weighted by Crippen LogP contribution is 2.31. The van der Waals surface area contributed by atoms with Crippen molar-refractivity contribution >= 4 is 43.5 Å². The molecular weight excluding hydrogens is 380 g/mol. The third-order valence-corrected chi connectivity index (χ3v) is 5.48. The van der Waals surface area contributed by atoms with Gasteiger partial charge < -0.3 is 4.90 Å². The number of benzene rings is 1. The van der Waals surface area contributed by atoms with Crippen molar-refractivity contribution in [3.63, 3.8) is 0 Å². The lowest BCUT2D eigenvalue weighted by molar-refractivity contribution is 0.0705. The van der Waals surface area contributed by atoms with Crippen molar-refractivity contribution in [3.05, 3.63) is 27.2 Å². The first-order chi connectivity index (χ1) is 9.59. The number of rotatable bonds is 5. The predicted molar refractivity (Wildman–Crippen MR) is 87.0 cm³/mol. The fourth-order valence-corrected chi connectivity index (χ4v) is 3.73. The summed E-state index contributed by atoms with van der Waals surface area (Å²) in [6.45, 7) is 6.34. The van der Waals surface area contributed by atoms with E-state index >= 15 is 0 Å². The molecule has 0 aliphatic heterocycles. The lowest BCUT2D eigenvalue weighted by Crippen LogP contribution is -2.37. The fourth-order valence-electron chi connectivity index (χ4n) is 1.90. The topological polar surface area (TPSA) is 80.5 Å². The Morgan fingerprint density at radius 2 is 2.00 bits per heavy atom. The van der Waals surface area contributed by atoms with Crippen LogP contribution in [0.2, 0.25) is 5.02 Å². The molecule has 0 aromatic heterocycles. The standard InChI is InChI=1S/C13H18BrClN2O3S/c1-4-5-17(8(2)3)13(18)9-6-10(15)12(14)11(7-9)21(16,19)20/h6-8H,4-5H2,1-3H3,(H2,16,19,20). The molecule has 5 nitrogen and oxygen atoms in total. The molecule has 21 heavy (non-hydrogen) atoms. The average Bonchev–Trinajstić information content (AvgIpc) is 2.36. The van der Waals surface area contributed by atoms with Crippen LogP contribution in [0.15, 0.2) is 21.5 Å². The second-order valence-corrected chi connectivity index (χ2v) is 7.64. The summed E-state index contributed by atoms with van der Waals surface area (Å²) in [5, 5.41) is 5.28. The van der Waals surface area contributed by atoms with Crippen molar-refractivity contribution in [3.8, 4) is 0 Å². The summed E-state index contributed by atoms with van der Waals surface area (Å²) in [5.74, 6) is -0.272. The van der Waals surface area contributed by atoms with E-state index in [9.17, 15) is 13.2 Å². The number of amides is 1. The van der Waals surface area contributed by atoms with Crippen LogP contribution in [0.1, 0.15) is 37.6 Å². The minimum absolute atomic E-state index is 0.00203. The molecule has 0 spiro atoms. The highest BCUT2D eigenvalue weighted by atomic mass is 79.9. The van der Waals surface area contributed by atoms with Gasteiger partial charge in [0.05, 0.1) is 14.4 Å². The molecular formula is C13H18BrClN2O3S. The van der Waals surface area contributed by atoms with Crippen molar-refractivity contribution in [2.45, 2.75) is 38.1 Å². The Balaban J connectivity index is 3.38. The monoisotopic (exact) mass is 396 g/mol. The molecule has 0 radical (unpaired) electrons. The minimum Gasteiger partial charge on any atom is -0.336 e. The molecule has 0 bridgehead atoms. The second kappa shape index (κ2) is 7.09. The van der Waals surface area contributed by atoms with E-state index in [1.54, 1.807) is 4.90 Å². The lowest BCUT2D eigenvalue weighted by atomic mass is 10.1. The van der Waals surface area contributed by atoms with E-state index in [1.807, 2.05) is 20.8 Å². The first-order valence-corrected chi connectivity index (χ1v) is 9.14. The number of hydrogen-bond acceptors (Lipinski definition) is 3. The molecule has 0 aliphatic carbocycles. The third kappa shape index (κ3) is 4.42. The molecule has 1 aromatic rings. The molecule has 118 valence electrons. The summed E-state index contributed by atoms with van der Waals surface area (Å²) in [4.78, 5) is 14.0. The molecule has 0 saturated carbocycles. The van der Waals surface area contributed by atoms with Crippen molar-refractivity contribution in [2.24, 2.45) is 5.14 Å². The van der Waals surface area contributed by atoms with Crippen LogP contribution in [0, 0.1) is 0 Å². The van der Waals surface area contributed by atoms with Gasteiger partial charge in [0.1, 0.15) is 0 Å². The number of halogens is 2. The van der Waals surface area contributed by atoms with E-state index < -0.39 is 10.0 Å². The smallest absolute Gasteiger partial charge is 0.254 e. The number of hydrogen-bond donors (Lipinski definition) is 1. The van der Waals surface area contributed by atoms with Gasteiger partial charge in [0.25, 0.3) is 5.91 Å². The molecule has 0 atom stereocenters. The van der Waals surface area contributed by atoms with Gasteiger partial charge in [-0.15, -0.1) is 0 Å². The van der Waals surface area contributed by atoms with Gasteiger partial charge in [-0.25, -0.2) is 13.6 Å². The van der Waals surface area contributed by atoms with Crippen molar-refractivity contribution in [1.29, 1.82) is 0 Å². The number of carbonyl (C=O) groups is 1. The first-order valence-electron chi connectivity index (χ1n) is 6.42. The van der Waals surface area contributed by atoms with E-state index in [4.69, 9.17) is 16.7 Å². The normalized spacial score (nSPS) is 11.8. The second-order valence-electron chi connectivity index (χ2n) is 4.91. The van der Waals surface area contributed by atoms with Gasteiger partial charge in [0, 0.05) is 18.2 Å². The van der Waals surface area contributed by atoms with Crippen LogP contribution in [0.25, 0.3) is 0 Å². The molecule has 1 rings (SSSR count). The van der Waals surface area contributed by atoms with Crippen LogP contribution < -0.4 is 5.14 Å². The van der Waals surface area contributed by atoms with Gasteiger partial charge in [0.15, 0.2) is 0 Å². The van der Waals surface area contributed by atoms with Gasteiger partial charge in [-0.2, -0.15) is 0 Å². The maximum atomic E-state index is 12.5. The van der Waals surface area contributed by atoms with E-state index in [1.165, 1.54) is 12.1 Å². The molecule has 1 amide bonds. The number of nitrogens with zero attached hydrogens (tertiary/aromatic N) is 1. The minimum atomic E-state index is -3.97. The maximum Gasteiger partial charge on any atom is 0.254 e. The van der Waals surface area contributed by atoms with E-state index in [2.05, 4.69) is 15.9 Å². The lowest BCUT2D eigenvalue weighted by Gasteiger charge is -2.26. The Morgan fingerprint density at radius 1 is 1.43 bits per heavy atom. The molecule has 8 heteroatoms. The number of nitrogens with two attached hydrogens (primary N) is 1. The quantitative estimate of drug-likeness (QED) is 0.829. The van der Waals surface area contributed by atoms with Gasteiger partial charge in [-0.05, 0) is 48.3 Å². The van der Waals surface area contributed by atoms with Crippen molar-refractivity contribution in [1.82, 2.24) is 4.90 Å². The zero-order valence-corrected chi connectivity index (χ0v) is 15.2. The summed E-state index contributed by atoms with van der Waals surface area (Å²) >= 11 is 9.07. The zero-order chi connectivity index (χ0) is 16.4. The van der Waals surface area contributed by atoms with Crippen LogP contribution in [-0.4, -0.2) is 31.8 Å². The summed E-state index contributed by atoms with van der Waals surface area (Å²) in [5.41, 5.74) is 0.203. The molecule has 1 aromatic carbocycles. The Kier molecular flexibility index (Phi) is 6.22. The van der Waals surface area contributed by atoms with Crippen LogP contribution in [-0.2, 0) is 10.0 Å². The molecule has 0 heterocycles. The van der Waals surface area contributed by atoms with E-state index in [0.29, 0.717) is 6.54 Å². The summed E-state index contributed by atoms with van der Waals surface area (Å²) in [6, 6.07) is 2.68. The van der Waals surface area contributed by atoms with Crippen LogP contribution in [0.4, 0.5) is 0 Å². The zero-order valence-electron chi connectivity index (χ0n) is 12.1. The highest BCUT2D eigenvalue weighted by Gasteiger charge is 2.23. The van der Waals surface area contributed by atoms with E-state index in [-0.39, 0.29) is 31.9 Å². The van der Waals surface area contributed by atoms with Crippen LogP contribution >= 0.6 is 27.5 Å². The summed E-state index contributed by atoms with van der Waals surface area (Å²) < 4.78 is 23.3. The molecule has 0 fully saturated rings. The van der Waals surface area contributed by atoms with E-state index in [0.717, 1.165) is 6.42 Å². The average molecular weight is 398 g/mol. The van der Waals surface area contributed by atoms with Crippen molar-refractivity contribution < 1.29 is 13.2 Å². The van der Waals surface area contributed by atoms with Crippen LogP contribution in [0.5, 0.6) is 0 Å². The Bertz CT molecular complexity index is 647. The maximum absolute atomic E-state index is 12.5. The van der Waals surface area contributed by atoms with Gasteiger partial charge >= 0.3 is 0 Å². The Hall–Kier alpha value is -0.630. The molecule has 2 N–H and O–H groups in total. The first kappa shape index (κ1) is 18.4. The number of sulfonamides is 1. The van der Waals surface area contributed by atoms with Gasteiger partial charge in [-0.1, -0.05) is 18.5 Å². The number of carbonyl (C=O) groups excluding carboxylic acids is 1. The largest absolute Gasteiger partial charge is 0.336 e. The summed E-state index contributed by atoms with van der Waals surface area (Å²) in [6.07, 6.45) is 0.802. The fraction of sp³-hybridized carbons (Fsp3) is 0.462. The molecule has 0 unspecified atom stereocenters. The SMILES string of the molecule is CCCN(C(=O)c1cc(Cl)c(Br)c(S(N)(=O)=O)c1)C(C)C. The summed E-state index contributed by atoms with van der Waals surface area (Å²) in [7, 11) is -3.97. The highest BCUT2D eigenvalue weighted by molar-refractivity contribution is 9.10. The number of primary sulfonamides is 1. The third-order valence-electron chi connectivity index (χ3n) is 2.90. The molecule has 0 saturated heterocycles.